The molecular formula is C11H21NO2. The SMILES string of the molecule is CCCC(CN1CCCC1C)C(=O)O. The second-order valence-corrected chi connectivity index (χ2v) is 4.31. The van der Waals surface area contributed by atoms with Crippen molar-refractivity contribution in [2.75, 3.05) is 13.1 Å². The molecule has 2 unspecified atom stereocenters. The summed E-state index contributed by atoms with van der Waals surface area (Å²) in [7, 11) is 0. The fraction of sp³-hybridized carbons (Fsp3) is 0.909. The van der Waals surface area contributed by atoms with Crippen LogP contribution in [0, 0.1) is 5.92 Å². The number of aliphatic carboxylic acids is 1. The van der Waals surface area contributed by atoms with Gasteiger partial charge in [0.25, 0.3) is 0 Å². The molecule has 3 heteroatoms. The highest BCUT2D eigenvalue weighted by Crippen LogP contribution is 2.19. The normalized spacial score (nSPS) is 25.1. The van der Waals surface area contributed by atoms with Gasteiger partial charge in [-0.1, -0.05) is 13.3 Å². The zero-order chi connectivity index (χ0) is 10.6. The van der Waals surface area contributed by atoms with Crippen LogP contribution in [0.25, 0.3) is 0 Å². The molecule has 1 N–H and O–H groups in total. The maximum Gasteiger partial charge on any atom is 0.307 e. The third-order valence-electron chi connectivity index (χ3n) is 3.13. The first kappa shape index (κ1) is 11.5. The first-order valence-corrected chi connectivity index (χ1v) is 5.62. The zero-order valence-electron chi connectivity index (χ0n) is 9.20. The van der Waals surface area contributed by atoms with Gasteiger partial charge in [0, 0.05) is 12.6 Å². The third kappa shape index (κ3) is 2.98. The molecular weight excluding hydrogens is 178 g/mol. The second-order valence-electron chi connectivity index (χ2n) is 4.31. The topological polar surface area (TPSA) is 40.5 Å². The molecule has 1 fully saturated rings. The Hall–Kier alpha value is -0.570. The van der Waals surface area contributed by atoms with Crippen LogP contribution in [0.4, 0.5) is 0 Å². The van der Waals surface area contributed by atoms with E-state index in [-0.39, 0.29) is 5.92 Å². The Morgan fingerprint density at radius 2 is 2.36 bits per heavy atom. The number of hydrogen-bond acceptors (Lipinski definition) is 2. The molecule has 0 bridgehead atoms. The lowest BCUT2D eigenvalue weighted by Gasteiger charge is -2.24. The minimum absolute atomic E-state index is 0.166. The molecule has 0 amide bonds. The van der Waals surface area contributed by atoms with Crippen LogP contribution in [0.1, 0.15) is 39.5 Å². The van der Waals surface area contributed by atoms with E-state index < -0.39 is 5.97 Å². The summed E-state index contributed by atoms with van der Waals surface area (Å²) in [5, 5.41) is 9.02. The standard InChI is InChI=1S/C11H21NO2/c1-3-5-10(11(13)14)8-12-7-4-6-9(12)2/h9-10H,3-8H2,1-2H3,(H,13,14). The molecule has 1 heterocycles. The van der Waals surface area contributed by atoms with E-state index >= 15 is 0 Å². The van der Waals surface area contributed by atoms with E-state index in [9.17, 15) is 4.79 Å². The van der Waals surface area contributed by atoms with Gasteiger partial charge in [-0.05, 0) is 32.7 Å². The summed E-state index contributed by atoms with van der Waals surface area (Å²) in [5.74, 6) is -0.800. The predicted molar refractivity (Wildman–Crippen MR) is 56.3 cm³/mol. The molecule has 0 aliphatic carbocycles. The molecule has 3 nitrogen and oxygen atoms in total. The minimum Gasteiger partial charge on any atom is -0.481 e. The van der Waals surface area contributed by atoms with Crippen molar-refractivity contribution in [3.05, 3.63) is 0 Å². The molecule has 0 radical (unpaired) electrons. The molecule has 2 atom stereocenters. The van der Waals surface area contributed by atoms with Crippen LogP contribution >= 0.6 is 0 Å². The van der Waals surface area contributed by atoms with Crippen molar-refractivity contribution in [3.63, 3.8) is 0 Å². The van der Waals surface area contributed by atoms with Gasteiger partial charge >= 0.3 is 5.97 Å². The number of nitrogens with zero attached hydrogens (tertiary/aromatic N) is 1. The summed E-state index contributed by atoms with van der Waals surface area (Å²) in [6, 6.07) is 0.578. The number of carboxylic acid groups (broad SMARTS) is 1. The van der Waals surface area contributed by atoms with Crippen molar-refractivity contribution in [2.24, 2.45) is 5.92 Å². The molecule has 14 heavy (non-hydrogen) atoms. The van der Waals surface area contributed by atoms with Crippen molar-refractivity contribution in [1.29, 1.82) is 0 Å². The lowest BCUT2D eigenvalue weighted by molar-refractivity contribution is -0.142. The van der Waals surface area contributed by atoms with E-state index in [4.69, 9.17) is 5.11 Å². The zero-order valence-corrected chi connectivity index (χ0v) is 9.20. The van der Waals surface area contributed by atoms with Crippen molar-refractivity contribution in [3.8, 4) is 0 Å². The third-order valence-corrected chi connectivity index (χ3v) is 3.13. The van der Waals surface area contributed by atoms with Crippen LogP contribution in [0.3, 0.4) is 0 Å². The molecule has 1 aliphatic heterocycles. The highest BCUT2D eigenvalue weighted by atomic mass is 16.4. The Kier molecular flexibility index (Phi) is 4.39. The van der Waals surface area contributed by atoms with E-state index in [0.29, 0.717) is 6.04 Å². The Bertz CT molecular complexity index is 194. The first-order valence-electron chi connectivity index (χ1n) is 5.62. The summed E-state index contributed by atoms with van der Waals surface area (Å²) in [6.07, 6.45) is 4.20. The quantitative estimate of drug-likeness (QED) is 0.736. The van der Waals surface area contributed by atoms with E-state index in [1.54, 1.807) is 0 Å². The number of rotatable bonds is 5. The number of carbonyl (C=O) groups is 1. The average molecular weight is 199 g/mol. The molecule has 1 saturated heterocycles. The Balaban J connectivity index is 2.41. The lowest BCUT2D eigenvalue weighted by Crippen LogP contribution is -2.35. The van der Waals surface area contributed by atoms with Gasteiger partial charge in [0.2, 0.25) is 0 Å². The highest BCUT2D eigenvalue weighted by Gasteiger charge is 2.26. The Morgan fingerprint density at radius 1 is 1.64 bits per heavy atom. The molecule has 0 aromatic heterocycles. The Morgan fingerprint density at radius 3 is 2.79 bits per heavy atom. The van der Waals surface area contributed by atoms with Crippen molar-refractivity contribution in [1.82, 2.24) is 4.90 Å². The first-order chi connectivity index (χ1) is 6.65. The number of carboxylic acids is 1. The minimum atomic E-state index is -0.633. The Labute approximate surface area is 86.1 Å². The smallest absolute Gasteiger partial charge is 0.307 e. The van der Waals surface area contributed by atoms with E-state index in [2.05, 4.69) is 11.8 Å². The molecule has 0 aromatic carbocycles. The van der Waals surface area contributed by atoms with E-state index in [1.807, 2.05) is 6.92 Å². The maximum absolute atomic E-state index is 11.0. The van der Waals surface area contributed by atoms with Crippen LogP contribution in [-0.2, 0) is 4.79 Å². The van der Waals surface area contributed by atoms with Crippen LogP contribution in [0.15, 0.2) is 0 Å². The van der Waals surface area contributed by atoms with Crippen molar-refractivity contribution in [2.45, 2.75) is 45.6 Å². The molecule has 0 spiro atoms. The molecule has 0 aromatic rings. The molecule has 0 saturated carbocycles. The van der Waals surface area contributed by atoms with E-state index in [1.165, 1.54) is 12.8 Å². The molecule has 1 rings (SSSR count). The van der Waals surface area contributed by atoms with Crippen LogP contribution in [0.5, 0.6) is 0 Å². The number of hydrogen-bond donors (Lipinski definition) is 1. The van der Waals surface area contributed by atoms with Gasteiger partial charge in [0.1, 0.15) is 0 Å². The van der Waals surface area contributed by atoms with E-state index in [0.717, 1.165) is 25.9 Å². The fourth-order valence-electron chi connectivity index (χ4n) is 2.19. The van der Waals surface area contributed by atoms with Gasteiger partial charge in [-0.15, -0.1) is 0 Å². The highest BCUT2D eigenvalue weighted by molar-refractivity contribution is 5.70. The second kappa shape index (κ2) is 5.35. The van der Waals surface area contributed by atoms with Gasteiger partial charge in [0.05, 0.1) is 5.92 Å². The summed E-state index contributed by atoms with van der Waals surface area (Å²) in [6.45, 7) is 6.06. The summed E-state index contributed by atoms with van der Waals surface area (Å²) in [5.41, 5.74) is 0. The largest absolute Gasteiger partial charge is 0.481 e. The van der Waals surface area contributed by atoms with Gasteiger partial charge in [-0.3, -0.25) is 9.69 Å². The van der Waals surface area contributed by atoms with Gasteiger partial charge in [-0.2, -0.15) is 0 Å². The van der Waals surface area contributed by atoms with Crippen LogP contribution in [-0.4, -0.2) is 35.1 Å². The van der Waals surface area contributed by atoms with Gasteiger partial charge in [-0.25, -0.2) is 0 Å². The summed E-state index contributed by atoms with van der Waals surface area (Å²) in [4.78, 5) is 13.3. The number of likely N-dealkylation sites (tertiary alicyclic amines) is 1. The molecule has 1 aliphatic rings. The average Bonchev–Trinajstić information content (AvgIpc) is 2.51. The van der Waals surface area contributed by atoms with Gasteiger partial charge < -0.3 is 5.11 Å². The molecule has 82 valence electrons. The summed E-state index contributed by atoms with van der Waals surface area (Å²) < 4.78 is 0. The van der Waals surface area contributed by atoms with Crippen molar-refractivity contribution >= 4 is 5.97 Å². The monoisotopic (exact) mass is 199 g/mol. The fourth-order valence-corrected chi connectivity index (χ4v) is 2.19. The lowest BCUT2D eigenvalue weighted by atomic mass is 10.0. The predicted octanol–water partition coefficient (Wildman–Crippen LogP) is 1.97. The maximum atomic E-state index is 11.0. The summed E-state index contributed by atoms with van der Waals surface area (Å²) >= 11 is 0. The van der Waals surface area contributed by atoms with Gasteiger partial charge in [0.15, 0.2) is 0 Å². The van der Waals surface area contributed by atoms with Crippen molar-refractivity contribution < 1.29 is 9.90 Å². The van der Waals surface area contributed by atoms with Crippen LogP contribution in [0.2, 0.25) is 0 Å². The van der Waals surface area contributed by atoms with Crippen LogP contribution < -0.4 is 0 Å².